The molecule has 1 N–H and O–H groups in total. The molecule has 100 valence electrons. The lowest BCUT2D eigenvalue weighted by atomic mass is 10.1. The summed E-state index contributed by atoms with van der Waals surface area (Å²) in [5.41, 5.74) is 4.04. The number of nitrogens with zero attached hydrogens (tertiary/aromatic N) is 2. The number of halogens is 1. The summed E-state index contributed by atoms with van der Waals surface area (Å²) in [6.07, 6.45) is 3.85. The zero-order valence-corrected chi connectivity index (χ0v) is 12.3. The van der Waals surface area contributed by atoms with E-state index < -0.39 is 0 Å². The van der Waals surface area contributed by atoms with E-state index in [9.17, 15) is 5.11 Å². The summed E-state index contributed by atoms with van der Waals surface area (Å²) in [7, 11) is 0. The number of aromatic nitrogens is 2. The van der Waals surface area contributed by atoms with Crippen LogP contribution in [0.25, 0.3) is 16.8 Å². The van der Waals surface area contributed by atoms with Crippen LogP contribution in [0.2, 0.25) is 0 Å². The molecule has 0 aliphatic carbocycles. The van der Waals surface area contributed by atoms with Gasteiger partial charge in [0.25, 0.3) is 0 Å². The van der Waals surface area contributed by atoms with E-state index in [1.807, 2.05) is 53.5 Å². The Morgan fingerprint density at radius 3 is 2.55 bits per heavy atom. The first-order chi connectivity index (χ1) is 9.78. The molecule has 4 heteroatoms. The van der Waals surface area contributed by atoms with Gasteiger partial charge in [-0.25, -0.2) is 4.68 Å². The highest BCUT2D eigenvalue weighted by atomic mass is 79.9. The smallest absolute Gasteiger partial charge is 0.0692 e. The molecule has 1 heterocycles. The number of aliphatic hydroxyl groups excluding tert-OH is 1. The van der Waals surface area contributed by atoms with Gasteiger partial charge >= 0.3 is 0 Å². The molecule has 1 aromatic heterocycles. The van der Waals surface area contributed by atoms with Gasteiger partial charge in [0.1, 0.15) is 0 Å². The van der Waals surface area contributed by atoms with Crippen molar-refractivity contribution in [1.82, 2.24) is 9.78 Å². The summed E-state index contributed by atoms with van der Waals surface area (Å²) >= 11 is 3.46. The Morgan fingerprint density at radius 1 is 1.05 bits per heavy atom. The Balaban J connectivity index is 1.96. The molecule has 3 aromatic rings. The van der Waals surface area contributed by atoms with E-state index in [4.69, 9.17) is 0 Å². The van der Waals surface area contributed by atoms with Gasteiger partial charge in [-0.2, -0.15) is 5.10 Å². The third-order valence-corrected chi connectivity index (χ3v) is 3.90. The maximum atomic E-state index is 9.18. The van der Waals surface area contributed by atoms with E-state index >= 15 is 0 Å². The fourth-order valence-corrected chi connectivity index (χ4v) is 2.54. The molecule has 0 fully saturated rings. The van der Waals surface area contributed by atoms with Crippen molar-refractivity contribution in [2.24, 2.45) is 0 Å². The minimum absolute atomic E-state index is 0.0231. The monoisotopic (exact) mass is 328 g/mol. The second-order valence-corrected chi connectivity index (χ2v) is 5.33. The number of hydrogen-bond acceptors (Lipinski definition) is 2. The molecule has 0 saturated carbocycles. The fourth-order valence-electron chi connectivity index (χ4n) is 2.05. The van der Waals surface area contributed by atoms with Gasteiger partial charge in [-0.05, 0) is 23.3 Å². The van der Waals surface area contributed by atoms with E-state index in [2.05, 4.69) is 33.2 Å². The van der Waals surface area contributed by atoms with Crippen molar-refractivity contribution in [2.75, 3.05) is 0 Å². The molecule has 20 heavy (non-hydrogen) atoms. The summed E-state index contributed by atoms with van der Waals surface area (Å²) < 4.78 is 2.71. The van der Waals surface area contributed by atoms with E-state index in [1.165, 1.54) is 0 Å². The van der Waals surface area contributed by atoms with Gasteiger partial charge in [-0.1, -0.05) is 52.3 Å². The lowest BCUT2D eigenvalue weighted by Gasteiger charge is -2.05. The number of hydrogen-bond donors (Lipinski definition) is 1. The third kappa shape index (κ3) is 2.53. The molecule has 3 rings (SSSR count). The Hall–Kier alpha value is -1.91. The quantitative estimate of drug-likeness (QED) is 0.794. The summed E-state index contributed by atoms with van der Waals surface area (Å²) in [5.74, 6) is 0. The Labute approximate surface area is 125 Å². The van der Waals surface area contributed by atoms with Crippen LogP contribution in [0.3, 0.4) is 0 Å². The highest BCUT2D eigenvalue weighted by Gasteiger charge is 2.05. The van der Waals surface area contributed by atoms with E-state index in [0.29, 0.717) is 0 Å². The van der Waals surface area contributed by atoms with E-state index in [1.54, 1.807) is 0 Å². The van der Waals surface area contributed by atoms with Crippen LogP contribution >= 0.6 is 15.9 Å². The molecular formula is C16H13BrN2O. The van der Waals surface area contributed by atoms with Gasteiger partial charge in [-0.3, -0.25) is 0 Å². The molecule has 0 spiro atoms. The van der Waals surface area contributed by atoms with E-state index in [0.717, 1.165) is 26.9 Å². The molecular weight excluding hydrogens is 316 g/mol. The minimum atomic E-state index is 0.0231. The lowest BCUT2D eigenvalue weighted by molar-refractivity contribution is 0.281. The average Bonchev–Trinajstić information content (AvgIpc) is 2.98. The number of benzene rings is 2. The van der Waals surface area contributed by atoms with Crippen LogP contribution in [-0.2, 0) is 6.61 Å². The first-order valence-corrected chi connectivity index (χ1v) is 7.07. The Morgan fingerprint density at radius 2 is 1.85 bits per heavy atom. The molecule has 0 amide bonds. The Kier molecular flexibility index (Phi) is 3.67. The normalized spacial score (nSPS) is 10.7. The number of aliphatic hydroxyl groups is 1. The van der Waals surface area contributed by atoms with Crippen LogP contribution in [0.1, 0.15) is 5.56 Å². The van der Waals surface area contributed by atoms with Gasteiger partial charge in [0.2, 0.25) is 0 Å². The predicted octanol–water partition coefficient (Wildman–Crippen LogP) is 3.79. The summed E-state index contributed by atoms with van der Waals surface area (Å²) in [5, 5.41) is 13.6. The SMILES string of the molecule is OCc1ccc(-n2cc(-c3ccccc3)cn2)cc1Br. The van der Waals surface area contributed by atoms with Crippen molar-refractivity contribution < 1.29 is 5.11 Å². The highest BCUT2D eigenvalue weighted by Crippen LogP contribution is 2.23. The van der Waals surface area contributed by atoms with Gasteiger partial charge in [0.05, 0.1) is 18.5 Å². The standard InChI is InChI=1S/C16H13BrN2O/c17-16-8-15(7-6-13(16)11-20)19-10-14(9-18-19)12-4-2-1-3-5-12/h1-10,20H,11H2. The highest BCUT2D eigenvalue weighted by molar-refractivity contribution is 9.10. The second-order valence-electron chi connectivity index (χ2n) is 4.47. The van der Waals surface area contributed by atoms with Crippen LogP contribution in [0.5, 0.6) is 0 Å². The van der Waals surface area contributed by atoms with Gasteiger partial charge in [-0.15, -0.1) is 0 Å². The molecule has 0 aliphatic heterocycles. The maximum Gasteiger partial charge on any atom is 0.0692 e. The summed E-state index contributed by atoms with van der Waals surface area (Å²) in [4.78, 5) is 0. The first kappa shape index (κ1) is 13.1. The predicted molar refractivity (Wildman–Crippen MR) is 82.6 cm³/mol. The van der Waals surface area contributed by atoms with Crippen molar-refractivity contribution in [2.45, 2.75) is 6.61 Å². The summed E-state index contributed by atoms with van der Waals surface area (Å²) in [6, 6.07) is 15.9. The zero-order chi connectivity index (χ0) is 13.9. The third-order valence-electron chi connectivity index (χ3n) is 3.16. The first-order valence-electron chi connectivity index (χ1n) is 6.27. The van der Waals surface area contributed by atoms with Crippen molar-refractivity contribution >= 4 is 15.9 Å². The lowest BCUT2D eigenvalue weighted by Crippen LogP contribution is -1.95. The van der Waals surface area contributed by atoms with E-state index in [-0.39, 0.29) is 6.61 Å². The van der Waals surface area contributed by atoms with Crippen molar-refractivity contribution in [1.29, 1.82) is 0 Å². The minimum Gasteiger partial charge on any atom is -0.392 e. The molecule has 0 bridgehead atoms. The molecule has 2 aromatic carbocycles. The average molecular weight is 329 g/mol. The van der Waals surface area contributed by atoms with Crippen LogP contribution in [-0.4, -0.2) is 14.9 Å². The fraction of sp³-hybridized carbons (Fsp3) is 0.0625. The second kappa shape index (κ2) is 5.61. The van der Waals surface area contributed by atoms with Gasteiger partial charge in [0.15, 0.2) is 0 Å². The molecule has 3 nitrogen and oxygen atoms in total. The number of rotatable bonds is 3. The molecule has 0 saturated heterocycles. The maximum absolute atomic E-state index is 9.18. The zero-order valence-electron chi connectivity index (χ0n) is 10.7. The van der Waals surface area contributed by atoms with Crippen LogP contribution in [0, 0.1) is 0 Å². The van der Waals surface area contributed by atoms with Crippen LogP contribution < -0.4 is 0 Å². The van der Waals surface area contributed by atoms with Crippen molar-refractivity contribution in [3.8, 4) is 16.8 Å². The van der Waals surface area contributed by atoms with Crippen molar-refractivity contribution in [3.05, 3.63) is 71.0 Å². The van der Waals surface area contributed by atoms with Crippen LogP contribution in [0.15, 0.2) is 65.4 Å². The van der Waals surface area contributed by atoms with Crippen LogP contribution in [0.4, 0.5) is 0 Å². The Bertz CT molecular complexity index is 722. The van der Waals surface area contributed by atoms with Crippen molar-refractivity contribution in [3.63, 3.8) is 0 Å². The summed E-state index contributed by atoms with van der Waals surface area (Å²) in [6.45, 7) is 0.0231. The molecule has 0 atom stereocenters. The van der Waals surface area contributed by atoms with Gasteiger partial charge in [0, 0.05) is 16.2 Å². The topological polar surface area (TPSA) is 38.0 Å². The molecule has 0 unspecified atom stereocenters. The van der Waals surface area contributed by atoms with Gasteiger partial charge < -0.3 is 5.11 Å². The molecule has 0 aliphatic rings. The largest absolute Gasteiger partial charge is 0.392 e. The molecule has 0 radical (unpaired) electrons.